The Balaban J connectivity index is 2.56. The maximum atomic E-state index is 12.0. The standard InChI is InChI=1S/C8H4F3NO2S/c9-8(10,11)14-5-3-1-2-4-6(5)15-7(13)12-4/h1-3H,(H,12,13). The first-order valence-corrected chi connectivity index (χ1v) is 4.65. The molecule has 0 bridgehead atoms. The molecule has 0 saturated carbocycles. The number of rotatable bonds is 1. The first kappa shape index (κ1) is 10.0. The summed E-state index contributed by atoms with van der Waals surface area (Å²) >= 11 is 0.683. The van der Waals surface area contributed by atoms with Gasteiger partial charge < -0.3 is 9.72 Å². The molecule has 0 unspecified atom stereocenters. The van der Waals surface area contributed by atoms with Crippen molar-refractivity contribution in [2.75, 3.05) is 0 Å². The topological polar surface area (TPSA) is 42.1 Å². The summed E-state index contributed by atoms with van der Waals surface area (Å²) in [5.41, 5.74) is 0.340. The van der Waals surface area contributed by atoms with Crippen molar-refractivity contribution in [1.29, 1.82) is 0 Å². The van der Waals surface area contributed by atoms with Gasteiger partial charge in [-0.3, -0.25) is 4.79 Å². The Hall–Kier alpha value is -1.50. The number of thiazole rings is 1. The lowest BCUT2D eigenvalue weighted by Crippen LogP contribution is -2.17. The summed E-state index contributed by atoms with van der Waals surface area (Å²) in [6.07, 6.45) is -4.75. The highest BCUT2D eigenvalue weighted by Crippen LogP contribution is 2.31. The van der Waals surface area contributed by atoms with Crippen LogP contribution in [-0.4, -0.2) is 11.3 Å². The number of halogens is 3. The van der Waals surface area contributed by atoms with Crippen LogP contribution < -0.4 is 9.61 Å². The zero-order chi connectivity index (χ0) is 11.1. The third-order valence-corrected chi connectivity index (χ3v) is 2.55. The van der Waals surface area contributed by atoms with E-state index in [9.17, 15) is 18.0 Å². The van der Waals surface area contributed by atoms with E-state index in [4.69, 9.17) is 0 Å². The molecular formula is C8H4F3NO2S. The molecule has 80 valence electrons. The van der Waals surface area contributed by atoms with Crippen LogP contribution >= 0.6 is 11.3 Å². The summed E-state index contributed by atoms with van der Waals surface area (Å²) in [7, 11) is 0. The lowest BCUT2D eigenvalue weighted by molar-refractivity contribution is -0.274. The van der Waals surface area contributed by atoms with Gasteiger partial charge in [-0.2, -0.15) is 0 Å². The van der Waals surface area contributed by atoms with Gasteiger partial charge in [0.25, 0.3) is 0 Å². The smallest absolute Gasteiger partial charge is 0.404 e. The highest BCUT2D eigenvalue weighted by atomic mass is 32.1. The van der Waals surface area contributed by atoms with Crippen LogP contribution in [0, 0.1) is 0 Å². The van der Waals surface area contributed by atoms with E-state index >= 15 is 0 Å². The molecule has 1 aromatic carbocycles. The van der Waals surface area contributed by atoms with E-state index in [1.165, 1.54) is 18.2 Å². The maximum Gasteiger partial charge on any atom is 0.573 e. The predicted molar refractivity (Wildman–Crippen MR) is 49.1 cm³/mol. The second-order valence-electron chi connectivity index (χ2n) is 2.70. The largest absolute Gasteiger partial charge is 0.573 e. The second-order valence-corrected chi connectivity index (χ2v) is 3.68. The van der Waals surface area contributed by atoms with E-state index in [0.717, 1.165) is 0 Å². The fourth-order valence-corrected chi connectivity index (χ4v) is 1.94. The van der Waals surface area contributed by atoms with E-state index in [2.05, 4.69) is 9.72 Å². The van der Waals surface area contributed by atoms with Gasteiger partial charge in [0.15, 0.2) is 0 Å². The van der Waals surface area contributed by atoms with Crippen molar-refractivity contribution in [1.82, 2.24) is 4.98 Å². The van der Waals surface area contributed by atoms with Gasteiger partial charge in [-0.05, 0) is 12.1 Å². The van der Waals surface area contributed by atoms with Crippen molar-refractivity contribution < 1.29 is 17.9 Å². The van der Waals surface area contributed by atoms with Crippen molar-refractivity contribution in [3.05, 3.63) is 27.9 Å². The van der Waals surface area contributed by atoms with Crippen molar-refractivity contribution in [3.8, 4) is 5.75 Å². The van der Waals surface area contributed by atoms with Crippen LogP contribution in [0.25, 0.3) is 10.2 Å². The number of benzene rings is 1. The molecule has 0 amide bonds. The normalized spacial score (nSPS) is 11.9. The van der Waals surface area contributed by atoms with Gasteiger partial charge in [0.05, 0.1) is 10.2 Å². The molecule has 0 spiro atoms. The van der Waals surface area contributed by atoms with Crippen LogP contribution in [0.15, 0.2) is 23.0 Å². The summed E-state index contributed by atoms with van der Waals surface area (Å²) in [6, 6.07) is 4.06. The average Bonchev–Trinajstić information content (AvgIpc) is 2.43. The lowest BCUT2D eigenvalue weighted by Gasteiger charge is -2.08. The molecule has 7 heteroatoms. The van der Waals surface area contributed by atoms with E-state index < -0.39 is 11.2 Å². The minimum Gasteiger partial charge on any atom is -0.404 e. The predicted octanol–water partition coefficient (Wildman–Crippen LogP) is 2.49. The monoisotopic (exact) mass is 235 g/mol. The molecule has 1 heterocycles. The molecule has 1 N–H and O–H groups in total. The number of alkyl halides is 3. The number of fused-ring (bicyclic) bond motifs is 1. The molecule has 15 heavy (non-hydrogen) atoms. The molecule has 0 saturated heterocycles. The van der Waals surface area contributed by atoms with Gasteiger partial charge in [0, 0.05) is 0 Å². The molecule has 0 aliphatic carbocycles. The molecule has 0 aliphatic heterocycles. The van der Waals surface area contributed by atoms with Crippen LogP contribution in [0.3, 0.4) is 0 Å². The summed E-state index contributed by atoms with van der Waals surface area (Å²) in [5.74, 6) is -0.358. The third-order valence-electron chi connectivity index (χ3n) is 1.64. The Morgan fingerprint density at radius 2 is 2.07 bits per heavy atom. The van der Waals surface area contributed by atoms with Gasteiger partial charge in [0.1, 0.15) is 5.75 Å². The van der Waals surface area contributed by atoms with Crippen molar-refractivity contribution in [3.63, 3.8) is 0 Å². The van der Waals surface area contributed by atoms with Gasteiger partial charge in [-0.25, -0.2) is 0 Å². The second kappa shape index (κ2) is 3.27. The quantitative estimate of drug-likeness (QED) is 0.825. The number of ether oxygens (including phenoxy) is 1. The summed E-state index contributed by atoms with van der Waals surface area (Å²) in [5, 5.41) is 0. The fraction of sp³-hybridized carbons (Fsp3) is 0.125. The molecule has 2 rings (SSSR count). The summed E-state index contributed by atoms with van der Waals surface area (Å²) in [4.78, 5) is 12.9. The van der Waals surface area contributed by atoms with E-state index in [1.54, 1.807) is 0 Å². The number of hydrogen-bond acceptors (Lipinski definition) is 3. The average molecular weight is 235 g/mol. The minimum atomic E-state index is -4.75. The van der Waals surface area contributed by atoms with E-state index in [0.29, 0.717) is 16.9 Å². The number of aromatic amines is 1. The zero-order valence-corrected chi connectivity index (χ0v) is 7.91. The number of H-pyrrole nitrogens is 1. The first-order valence-electron chi connectivity index (χ1n) is 3.83. The Labute approximate surface area is 85.1 Å². The third kappa shape index (κ3) is 2.12. The van der Waals surface area contributed by atoms with Crippen LogP contribution in [0.5, 0.6) is 5.75 Å². The lowest BCUT2D eigenvalue weighted by atomic mass is 10.3. The highest BCUT2D eigenvalue weighted by Gasteiger charge is 2.32. The highest BCUT2D eigenvalue weighted by molar-refractivity contribution is 7.16. The fourth-order valence-electron chi connectivity index (χ4n) is 1.15. The Kier molecular flexibility index (Phi) is 2.18. The molecule has 2 aromatic rings. The van der Waals surface area contributed by atoms with Crippen LogP contribution in [0.4, 0.5) is 13.2 Å². The number of nitrogens with one attached hydrogen (secondary N) is 1. The molecule has 0 atom stereocenters. The molecule has 3 nitrogen and oxygen atoms in total. The molecule has 0 fully saturated rings. The van der Waals surface area contributed by atoms with Crippen molar-refractivity contribution >= 4 is 21.6 Å². The van der Waals surface area contributed by atoms with Gasteiger partial charge in [-0.15, -0.1) is 13.2 Å². The molecule has 0 aliphatic rings. The number of hydrogen-bond donors (Lipinski definition) is 1. The van der Waals surface area contributed by atoms with Crippen molar-refractivity contribution in [2.45, 2.75) is 6.36 Å². The Bertz CT molecular complexity index is 543. The van der Waals surface area contributed by atoms with Crippen LogP contribution in [0.2, 0.25) is 0 Å². The maximum absolute atomic E-state index is 12.0. The van der Waals surface area contributed by atoms with Crippen LogP contribution in [-0.2, 0) is 0 Å². The Morgan fingerprint density at radius 1 is 1.33 bits per heavy atom. The van der Waals surface area contributed by atoms with E-state index in [-0.39, 0.29) is 10.4 Å². The first-order chi connectivity index (χ1) is 6.96. The van der Waals surface area contributed by atoms with Crippen LogP contribution in [0.1, 0.15) is 0 Å². The minimum absolute atomic E-state index is 0.167. The summed E-state index contributed by atoms with van der Waals surface area (Å²) < 4.78 is 39.9. The SMILES string of the molecule is O=c1[nH]c2cccc(OC(F)(F)F)c2s1. The van der Waals surface area contributed by atoms with E-state index in [1.807, 2.05) is 0 Å². The van der Waals surface area contributed by atoms with Gasteiger partial charge >= 0.3 is 11.2 Å². The van der Waals surface area contributed by atoms with Crippen molar-refractivity contribution in [2.24, 2.45) is 0 Å². The summed E-state index contributed by atoms with van der Waals surface area (Å²) in [6.45, 7) is 0. The molecule has 0 radical (unpaired) electrons. The number of aromatic nitrogens is 1. The molecular weight excluding hydrogens is 231 g/mol. The van der Waals surface area contributed by atoms with Gasteiger partial charge in [0.2, 0.25) is 0 Å². The van der Waals surface area contributed by atoms with Gasteiger partial charge in [-0.1, -0.05) is 17.4 Å². The Morgan fingerprint density at radius 3 is 2.73 bits per heavy atom. The molecule has 1 aromatic heterocycles. The zero-order valence-electron chi connectivity index (χ0n) is 7.09.